The van der Waals surface area contributed by atoms with Crippen LogP contribution in [-0.4, -0.2) is 31.2 Å². The molecule has 0 aliphatic heterocycles. The average molecular weight is 482 g/mol. The maximum Gasteiger partial charge on any atom is 0.327 e. The first-order chi connectivity index (χ1) is 15.8. The molecule has 1 N–H and O–H groups in total. The lowest BCUT2D eigenvalue weighted by Crippen LogP contribution is -2.52. The molecule has 1 aromatic heterocycles. The summed E-state index contributed by atoms with van der Waals surface area (Å²) in [7, 11) is -2.84. The van der Waals surface area contributed by atoms with E-state index in [9.17, 15) is 13.2 Å². The molecule has 0 saturated heterocycles. The second-order valence-electron chi connectivity index (χ2n) is 8.79. The predicted octanol–water partition coefficient (Wildman–Crippen LogP) is 5.49. The van der Waals surface area contributed by atoms with E-state index in [4.69, 9.17) is 16.3 Å². The van der Waals surface area contributed by atoms with Gasteiger partial charge in [-0.3, -0.25) is 4.79 Å². The highest BCUT2D eigenvalue weighted by molar-refractivity contribution is 7.93. The number of ether oxygens (including phenoxy) is 1. The molecule has 1 heterocycles. The molecule has 4 aromatic rings. The lowest BCUT2D eigenvalue weighted by atomic mass is 9.79. The summed E-state index contributed by atoms with van der Waals surface area (Å²) >= 11 is 6.20. The van der Waals surface area contributed by atoms with Gasteiger partial charge in [0.05, 0.1) is 12.0 Å². The zero-order valence-electron chi connectivity index (χ0n) is 18.4. The van der Waals surface area contributed by atoms with Gasteiger partial charge >= 0.3 is 5.97 Å². The number of fused-ring (bicyclic) bond motifs is 4. The number of esters is 1. The minimum atomic E-state index is -4.09. The smallest absolute Gasteiger partial charge is 0.327 e. The molecular formula is C26H24ClNO4S. The third kappa shape index (κ3) is 3.27. The zero-order valence-corrected chi connectivity index (χ0v) is 20.0. The van der Waals surface area contributed by atoms with Crippen LogP contribution in [0.3, 0.4) is 0 Å². The SMILES string of the molecule is COC(=O)C(C)(C1CCc2c([nH]c3ccc(Cl)cc23)C1)S(=O)(=O)c1cccc2ccccc12. The first-order valence-corrected chi connectivity index (χ1v) is 12.7. The Morgan fingerprint density at radius 1 is 1.09 bits per heavy atom. The molecule has 2 unspecified atom stereocenters. The molecule has 0 saturated carbocycles. The molecular weight excluding hydrogens is 458 g/mol. The number of benzene rings is 3. The van der Waals surface area contributed by atoms with E-state index in [0.29, 0.717) is 29.7 Å². The van der Waals surface area contributed by atoms with Crippen LogP contribution in [-0.2, 0) is 32.2 Å². The predicted molar refractivity (Wildman–Crippen MR) is 130 cm³/mol. The second kappa shape index (κ2) is 7.89. The molecule has 0 amide bonds. The number of halogens is 1. The Labute approximate surface area is 197 Å². The van der Waals surface area contributed by atoms with Gasteiger partial charge in [-0.2, -0.15) is 0 Å². The Hall–Kier alpha value is -2.83. The van der Waals surface area contributed by atoms with Gasteiger partial charge in [-0.15, -0.1) is 0 Å². The van der Waals surface area contributed by atoms with Crippen molar-refractivity contribution in [3.63, 3.8) is 0 Å². The van der Waals surface area contributed by atoms with Gasteiger partial charge in [0, 0.05) is 27.0 Å². The Morgan fingerprint density at radius 3 is 2.64 bits per heavy atom. The zero-order chi connectivity index (χ0) is 23.4. The molecule has 1 aliphatic carbocycles. The molecule has 0 bridgehead atoms. The number of rotatable bonds is 4. The molecule has 5 rings (SSSR count). The molecule has 170 valence electrons. The minimum absolute atomic E-state index is 0.155. The van der Waals surface area contributed by atoms with Gasteiger partial charge in [0.2, 0.25) is 0 Å². The van der Waals surface area contributed by atoms with Gasteiger partial charge in [0.15, 0.2) is 14.6 Å². The number of aromatic amines is 1. The Morgan fingerprint density at radius 2 is 1.85 bits per heavy atom. The maximum absolute atomic E-state index is 14.2. The number of methoxy groups -OCH3 is 1. The summed E-state index contributed by atoms with van der Waals surface area (Å²) in [6.45, 7) is 1.52. The molecule has 5 nitrogen and oxygen atoms in total. The number of H-pyrrole nitrogens is 1. The van der Waals surface area contributed by atoms with E-state index >= 15 is 0 Å². The van der Waals surface area contributed by atoms with Crippen LogP contribution >= 0.6 is 11.6 Å². The number of hydrogen-bond donors (Lipinski definition) is 1. The van der Waals surface area contributed by atoms with E-state index in [1.165, 1.54) is 14.0 Å². The normalized spacial score (nSPS) is 18.1. The van der Waals surface area contributed by atoms with Crippen molar-refractivity contribution in [3.05, 3.63) is 76.9 Å². The highest BCUT2D eigenvalue weighted by Crippen LogP contribution is 2.43. The van der Waals surface area contributed by atoms with Crippen molar-refractivity contribution in [1.82, 2.24) is 4.98 Å². The fraction of sp³-hybridized carbons (Fsp3) is 0.269. The molecule has 0 spiro atoms. The van der Waals surface area contributed by atoms with Crippen molar-refractivity contribution in [2.24, 2.45) is 5.92 Å². The van der Waals surface area contributed by atoms with E-state index < -0.39 is 26.5 Å². The van der Waals surface area contributed by atoms with Crippen molar-refractivity contribution in [2.45, 2.75) is 35.8 Å². The van der Waals surface area contributed by atoms with Crippen LogP contribution in [0.25, 0.3) is 21.7 Å². The van der Waals surface area contributed by atoms with E-state index in [1.807, 2.05) is 36.4 Å². The lowest BCUT2D eigenvalue weighted by molar-refractivity contribution is -0.145. The summed E-state index contributed by atoms with van der Waals surface area (Å²) < 4.78 is 31.7. The van der Waals surface area contributed by atoms with E-state index in [-0.39, 0.29) is 4.90 Å². The number of hydrogen-bond acceptors (Lipinski definition) is 4. The number of sulfone groups is 1. The maximum atomic E-state index is 14.2. The summed E-state index contributed by atoms with van der Waals surface area (Å²) in [5.74, 6) is -1.19. The summed E-state index contributed by atoms with van der Waals surface area (Å²) in [4.78, 5) is 16.8. The molecule has 33 heavy (non-hydrogen) atoms. The fourth-order valence-corrected chi connectivity index (χ4v) is 7.53. The van der Waals surface area contributed by atoms with Gasteiger partial charge in [-0.25, -0.2) is 8.42 Å². The van der Waals surface area contributed by atoms with Crippen LogP contribution in [0.2, 0.25) is 5.02 Å². The van der Waals surface area contributed by atoms with Crippen molar-refractivity contribution < 1.29 is 17.9 Å². The number of aromatic nitrogens is 1. The minimum Gasteiger partial charge on any atom is -0.468 e. The Balaban J connectivity index is 1.64. The van der Waals surface area contributed by atoms with Crippen molar-refractivity contribution in [2.75, 3.05) is 7.11 Å². The molecule has 2 atom stereocenters. The highest BCUT2D eigenvalue weighted by Gasteiger charge is 2.55. The van der Waals surface area contributed by atoms with Crippen molar-refractivity contribution >= 4 is 49.1 Å². The standard InChI is InChI=1S/C26H24ClNO4S/c1-26(25(29)32-2,33(30,31)24-9-5-7-16-6-3-4-8-19(16)24)17-10-12-20-21-15-18(27)11-13-22(21)28-23(20)14-17/h3-9,11,13,15,17,28H,10,12,14H2,1-2H3. The quantitative estimate of drug-likeness (QED) is 0.391. The van der Waals surface area contributed by atoms with Crippen LogP contribution < -0.4 is 0 Å². The highest BCUT2D eigenvalue weighted by atomic mass is 35.5. The van der Waals surface area contributed by atoms with Gasteiger partial charge in [-0.05, 0) is 67.3 Å². The largest absolute Gasteiger partial charge is 0.468 e. The van der Waals surface area contributed by atoms with E-state index in [2.05, 4.69) is 4.98 Å². The number of nitrogens with one attached hydrogen (secondary N) is 1. The topological polar surface area (TPSA) is 76.2 Å². The number of carbonyl (C=O) groups is 1. The molecule has 7 heteroatoms. The number of aryl methyl sites for hydroxylation is 1. The van der Waals surface area contributed by atoms with Gasteiger partial charge in [0.1, 0.15) is 0 Å². The monoisotopic (exact) mass is 481 g/mol. The third-order valence-electron chi connectivity index (χ3n) is 7.12. The van der Waals surface area contributed by atoms with Crippen LogP contribution in [0.4, 0.5) is 0 Å². The van der Waals surface area contributed by atoms with Crippen LogP contribution in [0.1, 0.15) is 24.6 Å². The summed E-state index contributed by atoms with van der Waals surface area (Å²) in [6, 6.07) is 18.2. The molecule has 0 fully saturated rings. The second-order valence-corrected chi connectivity index (χ2v) is 11.5. The molecule has 1 aliphatic rings. The van der Waals surface area contributed by atoms with Crippen LogP contribution in [0, 0.1) is 5.92 Å². The Bertz CT molecular complexity index is 1500. The van der Waals surface area contributed by atoms with Gasteiger partial charge in [0.25, 0.3) is 0 Å². The molecule has 3 aromatic carbocycles. The summed E-state index contributed by atoms with van der Waals surface area (Å²) in [5.41, 5.74) is 3.05. The third-order valence-corrected chi connectivity index (χ3v) is 9.90. The van der Waals surface area contributed by atoms with Crippen molar-refractivity contribution in [3.8, 4) is 0 Å². The van der Waals surface area contributed by atoms with Gasteiger partial charge in [-0.1, -0.05) is 48.0 Å². The summed E-state index contributed by atoms with van der Waals surface area (Å²) in [5, 5.41) is 3.12. The van der Waals surface area contributed by atoms with E-state index in [0.717, 1.165) is 27.5 Å². The first kappa shape index (κ1) is 22.0. The lowest BCUT2D eigenvalue weighted by Gasteiger charge is -2.37. The summed E-state index contributed by atoms with van der Waals surface area (Å²) in [6.07, 6.45) is 1.62. The first-order valence-electron chi connectivity index (χ1n) is 10.9. The van der Waals surface area contributed by atoms with Gasteiger partial charge < -0.3 is 9.72 Å². The number of carbonyl (C=O) groups excluding carboxylic acids is 1. The average Bonchev–Trinajstić information content (AvgIpc) is 3.19. The fourth-order valence-electron chi connectivity index (χ4n) is 5.23. The van der Waals surface area contributed by atoms with Crippen molar-refractivity contribution in [1.29, 1.82) is 0 Å². The van der Waals surface area contributed by atoms with E-state index in [1.54, 1.807) is 24.3 Å². The van der Waals surface area contributed by atoms with Crippen LogP contribution in [0.5, 0.6) is 0 Å². The Kier molecular flexibility index (Phi) is 5.26. The van der Waals surface area contributed by atoms with Crippen LogP contribution in [0.15, 0.2) is 65.6 Å². The molecule has 0 radical (unpaired) electrons.